The number of amides is 1. The molecule has 1 atom stereocenters. The summed E-state index contributed by atoms with van der Waals surface area (Å²) in [5.74, 6) is -1.69. The zero-order chi connectivity index (χ0) is 27.2. The average molecular weight is 525 g/mol. The normalized spacial score (nSPS) is 14.6. The Morgan fingerprint density at radius 2 is 1.74 bits per heavy atom. The number of nitrogens with zero attached hydrogens (tertiary/aromatic N) is 2. The molecule has 0 spiro atoms. The molecule has 2 aromatic heterocycles. The Kier molecular flexibility index (Phi) is 8.27. The summed E-state index contributed by atoms with van der Waals surface area (Å²) in [5, 5.41) is 10.6. The molecule has 0 aliphatic carbocycles. The molecule has 1 fully saturated rings. The van der Waals surface area contributed by atoms with Gasteiger partial charge in [-0.15, -0.1) is 0 Å². The van der Waals surface area contributed by atoms with Gasteiger partial charge < -0.3 is 28.3 Å². The van der Waals surface area contributed by atoms with Crippen molar-refractivity contribution in [2.45, 2.75) is 18.9 Å². The van der Waals surface area contributed by atoms with Gasteiger partial charge in [-0.3, -0.25) is 19.3 Å². The molecule has 3 heterocycles. The molecule has 11 heteroatoms. The third-order valence-corrected chi connectivity index (χ3v) is 6.41. The van der Waals surface area contributed by atoms with E-state index < -0.39 is 29.0 Å². The first-order chi connectivity index (χ1) is 18.3. The lowest BCUT2D eigenvalue weighted by atomic mass is 9.98. The smallest absolute Gasteiger partial charge is 0.337 e. The highest BCUT2D eigenvalue weighted by Gasteiger charge is 2.30. The SMILES string of the molecule is COC(=O)CC(c1ccc(-c2ccc(C(=O)OC)cc2)o1)c1oc(CN2CCN(C=O)CC2)cc(=O)c1O. The maximum absolute atomic E-state index is 12.7. The van der Waals surface area contributed by atoms with E-state index in [2.05, 4.69) is 0 Å². The first-order valence-electron chi connectivity index (χ1n) is 12.0. The molecule has 1 N–H and O–H groups in total. The van der Waals surface area contributed by atoms with Crippen LogP contribution in [0.2, 0.25) is 0 Å². The summed E-state index contributed by atoms with van der Waals surface area (Å²) >= 11 is 0. The van der Waals surface area contributed by atoms with Crippen molar-refractivity contribution in [1.29, 1.82) is 0 Å². The molecular formula is C27H28N2O9. The fraction of sp³-hybridized carbons (Fsp3) is 0.333. The minimum Gasteiger partial charge on any atom is -0.502 e. The number of ether oxygens (including phenoxy) is 2. The highest BCUT2D eigenvalue weighted by molar-refractivity contribution is 5.89. The lowest BCUT2D eigenvalue weighted by Gasteiger charge is -2.32. The molecule has 4 rings (SSSR count). The number of benzene rings is 1. The first-order valence-corrected chi connectivity index (χ1v) is 12.0. The summed E-state index contributed by atoms with van der Waals surface area (Å²) in [6.45, 7) is 2.59. The van der Waals surface area contributed by atoms with Gasteiger partial charge in [0.1, 0.15) is 17.3 Å². The van der Waals surface area contributed by atoms with Gasteiger partial charge in [-0.1, -0.05) is 12.1 Å². The number of hydrogen-bond donors (Lipinski definition) is 1. The van der Waals surface area contributed by atoms with Gasteiger partial charge in [0.05, 0.1) is 38.7 Å². The van der Waals surface area contributed by atoms with Crippen LogP contribution in [0.15, 0.2) is 56.1 Å². The zero-order valence-corrected chi connectivity index (χ0v) is 21.0. The van der Waals surface area contributed by atoms with Crippen LogP contribution in [-0.4, -0.2) is 73.7 Å². The topological polar surface area (TPSA) is 140 Å². The van der Waals surface area contributed by atoms with Crippen LogP contribution < -0.4 is 5.43 Å². The Morgan fingerprint density at radius 1 is 1.03 bits per heavy atom. The number of rotatable bonds is 9. The van der Waals surface area contributed by atoms with Gasteiger partial charge in [-0.2, -0.15) is 0 Å². The van der Waals surface area contributed by atoms with Crippen LogP contribution in [-0.2, 0) is 25.6 Å². The van der Waals surface area contributed by atoms with Gasteiger partial charge >= 0.3 is 11.9 Å². The summed E-state index contributed by atoms with van der Waals surface area (Å²) < 4.78 is 21.6. The molecule has 11 nitrogen and oxygen atoms in total. The molecule has 1 aromatic carbocycles. The highest BCUT2D eigenvalue weighted by atomic mass is 16.5. The Labute approximate surface area is 218 Å². The predicted octanol–water partition coefficient (Wildman–Crippen LogP) is 2.36. The van der Waals surface area contributed by atoms with E-state index >= 15 is 0 Å². The molecule has 1 aliphatic rings. The van der Waals surface area contributed by atoms with Crippen molar-refractivity contribution in [3.63, 3.8) is 0 Å². The summed E-state index contributed by atoms with van der Waals surface area (Å²) in [4.78, 5) is 51.3. The van der Waals surface area contributed by atoms with E-state index in [0.29, 0.717) is 48.8 Å². The third kappa shape index (κ3) is 5.94. The van der Waals surface area contributed by atoms with E-state index in [4.69, 9.17) is 18.3 Å². The van der Waals surface area contributed by atoms with Crippen LogP contribution in [0.5, 0.6) is 5.75 Å². The largest absolute Gasteiger partial charge is 0.502 e. The fourth-order valence-electron chi connectivity index (χ4n) is 4.27. The van der Waals surface area contributed by atoms with E-state index in [1.54, 1.807) is 41.3 Å². The van der Waals surface area contributed by atoms with E-state index in [1.165, 1.54) is 20.3 Å². The molecule has 3 aromatic rings. The second kappa shape index (κ2) is 11.8. The quantitative estimate of drug-likeness (QED) is 0.328. The number of esters is 2. The molecule has 38 heavy (non-hydrogen) atoms. The average Bonchev–Trinajstić information content (AvgIpc) is 3.43. The number of aromatic hydroxyl groups is 1. The third-order valence-electron chi connectivity index (χ3n) is 6.41. The fourth-order valence-corrected chi connectivity index (χ4v) is 4.27. The van der Waals surface area contributed by atoms with Crippen LogP contribution in [0.4, 0.5) is 0 Å². The molecule has 0 radical (unpaired) electrons. The summed E-state index contributed by atoms with van der Waals surface area (Å²) in [5.41, 5.74) is 0.394. The van der Waals surface area contributed by atoms with Crippen molar-refractivity contribution in [3.8, 4) is 17.1 Å². The lowest BCUT2D eigenvalue weighted by molar-refractivity contribution is -0.141. The Balaban J connectivity index is 1.64. The number of carbonyl (C=O) groups is 3. The van der Waals surface area contributed by atoms with Gasteiger partial charge in [-0.05, 0) is 24.3 Å². The molecule has 0 saturated carbocycles. The van der Waals surface area contributed by atoms with Crippen LogP contribution in [0.1, 0.15) is 40.0 Å². The van der Waals surface area contributed by atoms with E-state index in [1.807, 2.05) is 4.90 Å². The van der Waals surface area contributed by atoms with Crippen LogP contribution in [0.3, 0.4) is 0 Å². The van der Waals surface area contributed by atoms with Crippen molar-refractivity contribution in [2.24, 2.45) is 0 Å². The number of carbonyl (C=O) groups excluding carboxylic acids is 3. The van der Waals surface area contributed by atoms with E-state index in [0.717, 1.165) is 6.41 Å². The van der Waals surface area contributed by atoms with Gasteiger partial charge in [-0.25, -0.2) is 4.79 Å². The number of methoxy groups -OCH3 is 2. The minimum atomic E-state index is -0.940. The van der Waals surface area contributed by atoms with E-state index in [-0.39, 0.29) is 24.5 Å². The van der Waals surface area contributed by atoms with Crippen molar-refractivity contribution < 1.29 is 37.8 Å². The number of furan rings is 1. The van der Waals surface area contributed by atoms with Crippen LogP contribution in [0.25, 0.3) is 11.3 Å². The summed E-state index contributed by atoms with van der Waals surface area (Å²) in [6, 6.07) is 11.1. The van der Waals surface area contributed by atoms with E-state index in [9.17, 15) is 24.3 Å². The predicted molar refractivity (Wildman–Crippen MR) is 134 cm³/mol. The molecule has 1 amide bonds. The summed E-state index contributed by atoms with van der Waals surface area (Å²) in [6.07, 6.45) is 0.557. The second-order valence-corrected chi connectivity index (χ2v) is 8.81. The van der Waals surface area contributed by atoms with Gasteiger partial charge in [0.15, 0.2) is 5.76 Å². The first kappa shape index (κ1) is 26.7. The molecule has 1 aliphatic heterocycles. The molecule has 200 valence electrons. The van der Waals surface area contributed by atoms with Crippen molar-refractivity contribution >= 4 is 18.3 Å². The molecule has 0 bridgehead atoms. The lowest BCUT2D eigenvalue weighted by Crippen LogP contribution is -2.45. The second-order valence-electron chi connectivity index (χ2n) is 8.81. The maximum Gasteiger partial charge on any atom is 0.337 e. The minimum absolute atomic E-state index is 0.105. The zero-order valence-electron chi connectivity index (χ0n) is 21.0. The monoisotopic (exact) mass is 524 g/mol. The van der Waals surface area contributed by atoms with Gasteiger partial charge in [0, 0.05) is 37.8 Å². The van der Waals surface area contributed by atoms with Gasteiger partial charge in [0.2, 0.25) is 17.6 Å². The molecule has 1 saturated heterocycles. The van der Waals surface area contributed by atoms with Crippen molar-refractivity contribution in [2.75, 3.05) is 40.4 Å². The standard InChI is InChI=1S/C27H28N2O9/c1-35-24(32)14-20(23-8-7-22(38-23)17-3-5-18(6-4-17)27(34)36-2)26-25(33)21(31)13-19(37-26)15-28-9-11-29(16-30)12-10-28/h3-8,13,16,20,33H,9-12,14-15H2,1-2H3. The molecule has 1 unspecified atom stereocenters. The Bertz CT molecular complexity index is 1350. The van der Waals surface area contributed by atoms with Gasteiger partial charge in [0.25, 0.3) is 0 Å². The maximum atomic E-state index is 12.7. The summed E-state index contributed by atoms with van der Waals surface area (Å²) in [7, 11) is 2.54. The number of piperazine rings is 1. The Hall–Kier alpha value is -4.38. The highest BCUT2D eigenvalue weighted by Crippen LogP contribution is 2.36. The van der Waals surface area contributed by atoms with Crippen LogP contribution >= 0.6 is 0 Å². The van der Waals surface area contributed by atoms with Crippen molar-refractivity contribution in [1.82, 2.24) is 9.80 Å². The van der Waals surface area contributed by atoms with Crippen LogP contribution in [0, 0.1) is 0 Å². The number of hydrogen-bond acceptors (Lipinski definition) is 10. The molecular weight excluding hydrogens is 496 g/mol. The Morgan fingerprint density at radius 3 is 2.37 bits per heavy atom. The van der Waals surface area contributed by atoms with Crippen molar-refractivity contribution in [3.05, 3.63) is 75.5 Å².